The summed E-state index contributed by atoms with van der Waals surface area (Å²) in [5.74, 6) is 0. The summed E-state index contributed by atoms with van der Waals surface area (Å²) in [7, 11) is 2.22. The van der Waals surface area contributed by atoms with Crippen LogP contribution in [0.3, 0.4) is 0 Å². The Bertz CT molecular complexity index is 642. The SMILES string of the molecule is C[N+]1(Cc2ccccc2)C/C(=N/O)c2ccccc2C1.[Cl-]. The molecule has 2 aromatic rings. The quantitative estimate of drug-likeness (QED) is 0.474. The summed E-state index contributed by atoms with van der Waals surface area (Å²) >= 11 is 0. The van der Waals surface area contributed by atoms with Gasteiger partial charge in [-0.1, -0.05) is 59.8 Å². The first-order valence-corrected chi connectivity index (χ1v) is 6.87. The number of quaternary nitrogens is 1. The van der Waals surface area contributed by atoms with Crippen molar-refractivity contribution in [3.05, 3.63) is 71.3 Å². The van der Waals surface area contributed by atoms with E-state index in [-0.39, 0.29) is 12.4 Å². The number of benzene rings is 2. The van der Waals surface area contributed by atoms with Crippen LogP contribution in [-0.4, -0.2) is 29.0 Å². The highest BCUT2D eigenvalue weighted by Gasteiger charge is 2.32. The molecule has 3 rings (SSSR count). The fraction of sp³-hybridized carbons (Fsp3) is 0.235. The molecule has 0 aromatic heterocycles. The number of nitrogens with zero attached hydrogens (tertiary/aromatic N) is 2. The smallest absolute Gasteiger partial charge is 0.141 e. The fourth-order valence-corrected chi connectivity index (χ4v) is 3.08. The topological polar surface area (TPSA) is 32.6 Å². The van der Waals surface area contributed by atoms with E-state index >= 15 is 0 Å². The highest BCUT2D eigenvalue weighted by atomic mass is 35.5. The van der Waals surface area contributed by atoms with E-state index in [2.05, 4.69) is 42.5 Å². The van der Waals surface area contributed by atoms with E-state index < -0.39 is 0 Å². The standard InChI is InChI=1S/C17H18N2O.ClH/c1-19(11-14-7-3-2-4-8-14)12-15-9-5-6-10-16(15)17(13-19)18-20;/h2-10H,11-13H2,1H3;1H/b18-17-;. The average Bonchev–Trinajstić information content (AvgIpc) is 2.47. The van der Waals surface area contributed by atoms with E-state index in [4.69, 9.17) is 0 Å². The van der Waals surface area contributed by atoms with Gasteiger partial charge in [-0.05, 0) is 0 Å². The van der Waals surface area contributed by atoms with Gasteiger partial charge in [0.05, 0.1) is 7.05 Å². The van der Waals surface area contributed by atoms with Gasteiger partial charge in [-0.25, -0.2) is 0 Å². The minimum Gasteiger partial charge on any atom is -1.00 e. The van der Waals surface area contributed by atoms with E-state index in [0.717, 1.165) is 35.4 Å². The zero-order chi connectivity index (χ0) is 14.0. The van der Waals surface area contributed by atoms with Crippen LogP contribution in [0.15, 0.2) is 59.8 Å². The van der Waals surface area contributed by atoms with Crippen LogP contribution in [-0.2, 0) is 13.1 Å². The van der Waals surface area contributed by atoms with Crippen molar-refractivity contribution in [1.82, 2.24) is 0 Å². The van der Waals surface area contributed by atoms with Gasteiger partial charge in [0.2, 0.25) is 0 Å². The largest absolute Gasteiger partial charge is 1.00 e. The summed E-state index contributed by atoms with van der Waals surface area (Å²) in [6.45, 7) is 2.65. The van der Waals surface area contributed by atoms with Crippen molar-refractivity contribution < 1.29 is 22.1 Å². The Morgan fingerprint density at radius 3 is 2.38 bits per heavy atom. The molecular weight excluding hydrogens is 284 g/mol. The lowest BCUT2D eigenvalue weighted by atomic mass is 9.96. The van der Waals surface area contributed by atoms with Gasteiger partial charge in [0.1, 0.15) is 25.3 Å². The second kappa shape index (κ2) is 6.29. The molecule has 0 bridgehead atoms. The molecule has 3 nitrogen and oxygen atoms in total. The van der Waals surface area contributed by atoms with Gasteiger partial charge in [0.15, 0.2) is 0 Å². The number of rotatable bonds is 2. The van der Waals surface area contributed by atoms with Crippen molar-refractivity contribution >= 4 is 5.71 Å². The molecule has 1 aliphatic heterocycles. The molecule has 0 aliphatic carbocycles. The Balaban J connectivity index is 0.00000161. The highest BCUT2D eigenvalue weighted by molar-refractivity contribution is 6.02. The van der Waals surface area contributed by atoms with E-state index in [1.807, 2.05) is 24.3 Å². The maximum absolute atomic E-state index is 9.31. The van der Waals surface area contributed by atoms with Crippen molar-refractivity contribution in [2.45, 2.75) is 13.1 Å². The zero-order valence-electron chi connectivity index (χ0n) is 12.0. The summed E-state index contributed by atoms with van der Waals surface area (Å²) in [5, 5.41) is 12.8. The van der Waals surface area contributed by atoms with Crippen molar-refractivity contribution in [3.8, 4) is 0 Å². The monoisotopic (exact) mass is 302 g/mol. The van der Waals surface area contributed by atoms with E-state index in [1.165, 1.54) is 11.1 Å². The molecule has 1 aliphatic rings. The molecule has 4 heteroatoms. The van der Waals surface area contributed by atoms with Crippen LogP contribution in [0.2, 0.25) is 0 Å². The Hall–Kier alpha value is -1.84. The maximum atomic E-state index is 9.31. The van der Waals surface area contributed by atoms with Gasteiger partial charge in [0.25, 0.3) is 0 Å². The van der Waals surface area contributed by atoms with E-state index in [1.54, 1.807) is 0 Å². The third-order valence-electron chi connectivity index (χ3n) is 3.94. The average molecular weight is 303 g/mol. The van der Waals surface area contributed by atoms with Crippen LogP contribution in [0, 0.1) is 0 Å². The molecule has 21 heavy (non-hydrogen) atoms. The molecule has 0 radical (unpaired) electrons. The second-order valence-corrected chi connectivity index (χ2v) is 5.78. The first-order chi connectivity index (χ1) is 9.70. The van der Waals surface area contributed by atoms with Crippen molar-refractivity contribution in [3.63, 3.8) is 0 Å². The maximum Gasteiger partial charge on any atom is 0.141 e. The summed E-state index contributed by atoms with van der Waals surface area (Å²) in [6, 6.07) is 18.7. The lowest BCUT2D eigenvalue weighted by Crippen LogP contribution is -3.00. The number of likely N-dealkylation sites (N-methyl/N-ethyl adjacent to an activating group) is 1. The Morgan fingerprint density at radius 1 is 1.00 bits per heavy atom. The molecule has 0 fully saturated rings. The molecule has 0 saturated heterocycles. The van der Waals surface area contributed by atoms with Crippen LogP contribution in [0.5, 0.6) is 0 Å². The predicted octanol–water partition coefficient (Wildman–Crippen LogP) is 0.0293. The van der Waals surface area contributed by atoms with Crippen molar-refractivity contribution in [2.75, 3.05) is 13.6 Å². The van der Waals surface area contributed by atoms with Gasteiger partial charge < -0.3 is 22.1 Å². The minimum atomic E-state index is 0. The van der Waals surface area contributed by atoms with Gasteiger partial charge in [-0.3, -0.25) is 0 Å². The highest BCUT2D eigenvalue weighted by Crippen LogP contribution is 2.26. The molecule has 110 valence electrons. The Morgan fingerprint density at radius 2 is 1.67 bits per heavy atom. The van der Waals surface area contributed by atoms with E-state index in [0.29, 0.717) is 0 Å². The van der Waals surface area contributed by atoms with Gasteiger partial charge in [0, 0.05) is 16.7 Å². The first-order valence-electron chi connectivity index (χ1n) is 6.87. The molecule has 1 atom stereocenters. The zero-order valence-corrected chi connectivity index (χ0v) is 12.8. The van der Waals surface area contributed by atoms with Crippen molar-refractivity contribution in [1.29, 1.82) is 0 Å². The van der Waals surface area contributed by atoms with Crippen LogP contribution < -0.4 is 12.4 Å². The van der Waals surface area contributed by atoms with Gasteiger partial charge in [-0.15, -0.1) is 0 Å². The third kappa shape index (κ3) is 3.26. The summed E-state index contributed by atoms with van der Waals surface area (Å²) < 4.78 is 0.834. The van der Waals surface area contributed by atoms with Crippen LogP contribution in [0.1, 0.15) is 16.7 Å². The molecule has 1 unspecified atom stereocenters. The molecule has 0 spiro atoms. The van der Waals surface area contributed by atoms with Gasteiger partial charge in [-0.2, -0.15) is 0 Å². The normalized spacial score (nSPS) is 22.4. The van der Waals surface area contributed by atoms with Crippen LogP contribution in [0.25, 0.3) is 0 Å². The molecule has 0 saturated carbocycles. The summed E-state index contributed by atoms with van der Waals surface area (Å²) in [5.41, 5.74) is 4.43. The Kier molecular flexibility index (Phi) is 4.66. The number of fused-ring (bicyclic) bond motifs is 1. The van der Waals surface area contributed by atoms with Crippen LogP contribution >= 0.6 is 0 Å². The number of hydrogen-bond donors (Lipinski definition) is 1. The van der Waals surface area contributed by atoms with Gasteiger partial charge >= 0.3 is 0 Å². The third-order valence-corrected chi connectivity index (χ3v) is 3.94. The van der Waals surface area contributed by atoms with E-state index in [9.17, 15) is 5.21 Å². The second-order valence-electron chi connectivity index (χ2n) is 5.78. The number of hydrogen-bond acceptors (Lipinski definition) is 2. The molecular formula is C17H19ClN2O. The number of oxime groups is 1. The minimum absolute atomic E-state index is 0. The fourth-order valence-electron chi connectivity index (χ4n) is 3.08. The number of halogens is 1. The lowest BCUT2D eigenvalue weighted by Gasteiger charge is -2.38. The van der Waals surface area contributed by atoms with Crippen LogP contribution in [0.4, 0.5) is 0 Å². The predicted molar refractivity (Wildman–Crippen MR) is 79.7 cm³/mol. The molecule has 1 N–H and O–H groups in total. The first kappa shape index (κ1) is 15.5. The lowest BCUT2D eigenvalue weighted by molar-refractivity contribution is -0.928. The summed E-state index contributed by atoms with van der Waals surface area (Å²) in [6.07, 6.45) is 0. The molecule has 0 amide bonds. The van der Waals surface area contributed by atoms with Crippen molar-refractivity contribution in [2.24, 2.45) is 5.16 Å². The summed E-state index contributed by atoms with van der Waals surface area (Å²) in [4.78, 5) is 0. The molecule has 2 aromatic carbocycles. The Labute approximate surface area is 131 Å². The molecule has 1 heterocycles.